The highest BCUT2D eigenvalue weighted by Gasteiger charge is 2.16. The first-order chi connectivity index (χ1) is 14.9. The molecule has 4 nitrogen and oxygen atoms in total. The minimum absolute atomic E-state index is 0.0611. The maximum atomic E-state index is 12.8. The molecule has 0 radical (unpaired) electrons. The van der Waals surface area contributed by atoms with Crippen LogP contribution < -0.4 is 5.32 Å². The van der Waals surface area contributed by atoms with E-state index in [1.54, 1.807) is 0 Å². The normalized spacial score (nSPS) is 11.3. The zero-order chi connectivity index (χ0) is 21.8. The fraction of sp³-hybridized carbons (Fsp3) is 0.185. The van der Waals surface area contributed by atoms with E-state index in [-0.39, 0.29) is 11.3 Å². The molecule has 0 spiro atoms. The Hall–Kier alpha value is -3.66. The molecule has 1 N–H and O–H groups in total. The number of hydrogen-bond donors (Lipinski definition) is 1. The van der Waals surface area contributed by atoms with Gasteiger partial charge in [-0.05, 0) is 35.2 Å². The number of para-hydroxylation sites is 1. The number of aromatic nitrogens is 2. The molecule has 0 fully saturated rings. The summed E-state index contributed by atoms with van der Waals surface area (Å²) in [5.74, 6) is -0.0908. The average molecular weight is 410 g/mol. The second-order valence-corrected chi connectivity index (χ2v) is 8.66. The lowest BCUT2D eigenvalue weighted by molar-refractivity contribution is 0.0951. The van der Waals surface area contributed by atoms with E-state index in [2.05, 4.69) is 26.1 Å². The molecule has 1 heterocycles. The van der Waals surface area contributed by atoms with E-state index >= 15 is 0 Å². The van der Waals surface area contributed by atoms with Gasteiger partial charge in [-0.25, -0.2) is 4.68 Å². The van der Waals surface area contributed by atoms with Crippen molar-refractivity contribution in [3.8, 4) is 16.9 Å². The van der Waals surface area contributed by atoms with E-state index < -0.39 is 0 Å². The van der Waals surface area contributed by atoms with Crippen LogP contribution in [0.25, 0.3) is 16.9 Å². The molecule has 156 valence electrons. The molecular formula is C27H27N3O. The van der Waals surface area contributed by atoms with Crippen LogP contribution in [0.4, 0.5) is 0 Å². The molecular weight excluding hydrogens is 382 g/mol. The van der Waals surface area contributed by atoms with Crippen molar-refractivity contribution in [2.24, 2.45) is 0 Å². The first-order valence-electron chi connectivity index (χ1n) is 10.5. The van der Waals surface area contributed by atoms with Crippen LogP contribution in [0.2, 0.25) is 0 Å². The fourth-order valence-corrected chi connectivity index (χ4v) is 3.49. The Labute approximate surface area is 183 Å². The molecule has 0 aliphatic carbocycles. The number of nitrogens with zero attached hydrogens (tertiary/aromatic N) is 2. The van der Waals surface area contributed by atoms with Gasteiger partial charge in [0.15, 0.2) is 0 Å². The first-order valence-corrected chi connectivity index (χ1v) is 10.5. The summed E-state index contributed by atoms with van der Waals surface area (Å²) in [4.78, 5) is 12.8. The van der Waals surface area contributed by atoms with Gasteiger partial charge in [0.1, 0.15) is 0 Å². The monoisotopic (exact) mass is 409 g/mol. The topological polar surface area (TPSA) is 46.9 Å². The average Bonchev–Trinajstić information content (AvgIpc) is 3.22. The molecule has 0 unspecified atom stereocenters. The van der Waals surface area contributed by atoms with Crippen LogP contribution >= 0.6 is 0 Å². The van der Waals surface area contributed by atoms with E-state index in [9.17, 15) is 4.79 Å². The standard InChI is InChI=1S/C27H27N3O/c1-27(2,3)23-16-14-21(15-17-23)26(31)28-18-22-19-30(24-12-8-5-9-13-24)29-25(22)20-10-6-4-7-11-20/h4-17,19H,18H2,1-3H3,(H,28,31). The van der Waals surface area contributed by atoms with Gasteiger partial charge in [0, 0.05) is 29.4 Å². The summed E-state index contributed by atoms with van der Waals surface area (Å²) < 4.78 is 1.86. The van der Waals surface area contributed by atoms with Crippen LogP contribution in [-0.4, -0.2) is 15.7 Å². The van der Waals surface area contributed by atoms with Gasteiger partial charge in [-0.1, -0.05) is 81.4 Å². The molecule has 31 heavy (non-hydrogen) atoms. The lowest BCUT2D eigenvalue weighted by atomic mass is 9.87. The zero-order valence-corrected chi connectivity index (χ0v) is 18.2. The van der Waals surface area contributed by atoms with Crippen molar-refractivity contribution < 1.29 is 4.79 Å². The number of rotatable bonds is 5. The lowest BCUT2D eigenvalue weighted by Crippen LogP contribution is -2.23. The highest BCUT2D eigenvalue weighted by atomic mass is 16.1. The maximum Gasteiger partial charge on any atom is 0.251 e. The highest BCUT2D eigenvalue weighted by Crippen LogP contribution is 2.24. The van der Waals surface area contributed by atoms with Crippen LogP contribution in [0.3, 0.4) is 0 Å². The number of nitrogens with one attached hydrogen (secondary N) is 1. The molecule has 4 heteroatoms. The lowest BCUT2D eigenvalue weighted by Gasteiger charge is -2.19. The number of benzene rings is 3. The minimum atomic E-state index is -0.0908. The van der Waals surface area contributed by atoms with E-state index in [4.69, 9.17) is 5.10 Å². The van der Waals surface area contributed by atoms with Crippen molar-refractivity contribution in [2.75, 3.05) is 0 Å². The number of carbonyl (C=O) groups is 1. The second-order valence-electron chi connectivity index (χ2n) is 8.66. The summed E-state index contributed by atoms with van der Waals surface area (Å²) in [5, 5.41) is 7.86. The maximum absolute atomic E-state index is 12.8. The fourth-order valence-electron chi connectivity index (χ4n) is 3.49. The van der Waals surface area contributed by atoms with Gasteiger partial charge in [0.2, 0.25) is 0 Å². The largest absolute Gasteiger partial charge is 0.348 e. The quantitative estimate of drug-likeness (QED) is 0.455. The predicted molar refractivity (Wildman–Crippen MR) is 125 cm³/mol. The van der Waals surface area contributed by atoms with Gasteiger partial charge < -0.3 is 5.32 Å². The summed E-state index contributed by atoms with van der Waals surface area (Å²) in [6.45, 7) is 6.89. The molecule has 0 aliphatic rings. The number of carbonyl (C=O) groups excluding carboxylic acids is 1. The van der Waals surface area contributed by atoms with Crippen molar-refractivity contribution in [3.63, 3.8) is 0 Å². The van der Waals surface area contributed by atoms with Gasteiger partial charge in [-0.3, -0.25) is 4.79 Å². The molecule has 0 aliphatic heterocycles. The second kappa shape index (κ2) is 8.60. The number of amides is 1. The minimum Gasteiger partial charge on any atom is -0.348 e. The van der Waals surface area contributed by atoms with E-state index in [1.165, 1.54) is 5.56 Å². The molecule has 0 saturated carbocycles. The summed E-state index contributed by atoms with van der Waals surface area (Å²) in [6, 6.07) is 27.9. The Balaban J connectivity index is 1.57. The Morgan fingerprint density at radius 1 is 0.871 bits per heavy atom. The molecule has 0 bridgehead atoms. The molecule has 1 aromatic heterocycles. The molecule has 0 saturated heterocycles. The third kappa shape index (κ3) is 4.75. The molecule has 1 amide bonds. The molecule has 0 atom stereocenters. The van der Waals surface area contributed by atoms with Crippen LogP contribution in [0.5, 0.6) is 0 Å². The van der Waals surface area contributed by atoms with E-state index in [0.717, 1.165) is 22.5 Å². The van der Waals surface area contributed by atoms with Gasteiger partial charge in [-0.15, -0.1) is 0 Å². The predicted octanol–water partition coefficient (Wildman–Crippen LogP) is 5.77. The summed E-state index contributed by atoms with van der Waals surface area (Å²) >= 11 is 0. The van der Waals surface area contributed by atoms with Crippen molar-refractivity contribution in [3.05, 3.63) is 108 Å². The first kappa shape index (κ1) is 20.6. The van der Waals surface area contributed by atoms with Gasteiger partial charge in [0.05, 0.1) is 11.4 Å². The third-order valence-corrected chi connectivity index (χ3v) is 5.31. The Bertz CT molecular complexity index is 1150. The summed E-state index contributed by atoms with van der Waals surface area (Å²) in [6.07, 6.45) is 1.99. The third-order valence-electron chi connectivity index (χ3n) is 5.31. The Kier molecular flexibility index (Phi) is 5.72. The van der Waals surface area contributed by atoms with Gasteiger partial charge >= 0.3 is 0 Å². The zero-order valence-electron chi connectivity index (χ0n) is 18.2. The van der Waals surface area contributed by atoms with Crippen molar-refractivity contribution in [1.82, 2.24) is 15.1 Å². The molecule has 4 rings (SSSR count). The summed E-state index contributed by atoms with van der Waals surface area (Å²) in [7, 11) is 0. The SMILES string of the molecule is CC(C)(C)c1ccc(C(=O)NCc2cn(-c3ccccc3)nc2-c2ccccc2)cc1. The molecule has 3 aromatic carbocycles. The van der Waals surface area contributed by atoms with Crippen LogP contribution in [-0.2, 0) is 12.0 Å². The van der Waals surface area contributed by atoms with Gasteiger partial charge in [-0.2, -0.15) is 5.10 Å². The van der Waals surface area contributed by atoms with Crippen molar-refractivity contribution in [2.45, 2.75) is 32.7 Å². The van der Waals surface area contributed by atoms with Crippen molar-refractivity contribution in [1.29, 1.82) is 0 Å². The van der Waals surface area contributed by atoms with E-state index in [1.807, 2.05) is 95.8 Å². The molecule has 4 aromatic rings. The van der Waals surface area contributed by atoms with Crippen LogP contribution in [0.1, 0.15) is 42.3 Å². The Morgan fingerprint density at radius 2 is 1.48 bits per heavy atom. The summed E-state index contributed by atoms with van der Waals surface area (Å²) in [5.41, 5.74) is 5.77. The number of hydrogen-bond acceptors (Lipinski definition) is 2. The van der Waals surface area contributed by atoms with Crippen molar-refractivity contribution >= 4 is 5.91 Å². The Morgan fingerprint density at radius 3 is 2.10 bits per heavy atom. The highest BCUT2D eigenvalue weighted by molar-refractivity contribution is 5.94. The van der Waals surface area contributed by atoms with Gasteiger partial charge in [0.25, 0.3) is 5.91 Å². The van der Waals surface area contributed by atoms with E-state index in [0.29, 0.717) is 12.1 Å². The smallest absolute Gasteiger partial charge is 0.251 e. The van der Waals surface area contributed by atoms with Crippen LogP contribution in [0, 0.1) is 0 Å². The van der Waals surface area contributed by atoms with Crippen LogP contribution in [0.15, 0.2) is 91.1 Å².